The Balaban J connectivity index is 1.86. The van der Waals surface area contributed by atoms with Gasteiger partial charge in [-0.15, -0.1) is 0 Å². The average molecular weight is 465 g/mol. The van der Waals surface area contributed by atoms with Gasteiger partial charge in [-0.05, 0) is 37.0 Å². The summed E-state index contributed by atoms with van der Waals surface area (Å²) in [7, 11) is -3.46. The van der Waals surface area contributed by atoms with Gasteiger partial charge >= 0.3 is 0 Å². The average Bonchev–Trinajstić information content (AvgIpc) is 3.24. The first-order valence-corrected chi connectivity index (χ1v) is 12.3. The van der Waals surface area contributed by atoms with E-state index in [9.17, 15) is 13.2 Å². The Labute approximate surface area is 186 Å². The van der Waals surface area contributed by atoms with Gasteiger partial charge in [-0.3, -0.25) is 4.79 Å². The molecule has 1 aromatic heterocycles. The summed E-state index contributed by atoms with van der Waals surface area (Å²) in [4.78, 5) is 21.5. The van der Waals surface area contributed by atoms with Gasteiger partial charge in [-0.25, -0.2) is 18.4 Å². The summed E-state index contributed by atoms with van der Waals surface area (Å²) in [5.41, 5.74) is 1.37. The maximum absolute atomic E-state index is 13.2. The highest BCUT2D eigenvalue weighted by Gasteiger charge is 2.28. The number of amides is 1. The molecule has 10 heteroatoms. The molecular weight excluding hydrogens is 440 g/mol. The Kier molecular flexibility index (Phi) is 7.27. The molecule has 0 bridgehead atoms. The Bertz CT molecular complexity index is 1080. The minimum absolute atomic E-state index is 0.0420. The Morgan fingerprint density at radius 1 is 1.29 bits per heavy atom. The van der Waals surface area contributed by atoms with Crippen LogP contribution in [0, 0.1) is 5.92 Å². The van der Waals surface area contributed by atoms with E-state index in [1.807, 2.05) is 0 Å². The van der Waals surface area contributed by atoms with Crippen molar-refractivity contribution in [2.75, 3.05) is 11.6 Å². The van der Waals surface area contributed by atoms with Gasteiger partial charge in [0.1, 0.15) is 11.4 Å². The molecular formula is C21H25ClN4O4S. The number of nitrogens with zero attached hydrogens (tertiary/aromatic N) is 3. The van der Waals surface area contributed by atoms with Crippen molar-refractivity contribution in [3.05, 3.63) is 46.9 Å². The minimum atomic E-state index is -3.46. The molecule has 0 radical (unpaired) electrons. The maximum Gasteiger partial charge on any atom is 0.233 e. The zero-order chi connectivity index (χ0) is 22.6. The number of oxime groups is 1. The number of nitrogens with one attached hydrogen (secondary N) is 1. The Morgan fingerprint density at radius 2 is 2.00 bits per heavy atom. The molecule has 0 spiro atoms. The molecule has 1 aromatic carbocycles. The van der Waals surface area contributed by atoms with Gasteiger partial charge in [0, 0.05) is 6.26 Å². The molecule has 31 heavy (non-hydrogen) atoms. The molecule has 0 aliphatic heterocycles. The monoisotopic (exact) mass is 464 g/mol. The number of aromatic nitrogens is 2. The SMILES string of the molecule is C/C(=N\O)c1cnc(NC(=O)C(CC2CCCC2)c2ccc(S(C)(=O)=O)c(Cl)c2)cn1. The van der Waals surface area contributed by atoms with E-state index in [1.54, 1.807) is 19.1 Å². The zero-order valence-corrected chi connectivity index (χ0v) is 18.9. The van der Waals surface area contributed by atoms with Crippen LogP contribution in [0.1, 0.15) is 56.2 Å². The number of sulfone groups is 1. The lowest BCUT2D eigenvalue weighted by Crippen LogP contribution is -2.24. The van der Waals surface area contributed by atoms with Crippen molar-refractivity contribution < 1.29 is 18.4 Å². The van der Waals surface area contributed by atoms with Gasteiger partial charge in [-0.2, -0.15) is 0 Å². The van der Waals surface area contributed by atoms with E-state index in [2.05, 4.69) is 20.4 Å². The van der Waals surface area contributed by atoms with E-state index in [1.165, 1.54) is 18.5 Å². The van der Waals surface area contributed by atoms with Crippen molar-refractivity contribution in [3.8, 4) is 0 Å². The fourth-order valence-electron chi connectivity index (χ4n) is 3.85. The van der Waals surface area contributed by atoms with Crippen LogP contribution in [0.25, 0.3) is 0 Å². The number of rotatable bonds is 7. The number of hydrogen-bond donors (Lipinski definition) is 2. The Hall–Kier alpha value is -2.52. The minimum Gasteiger partial charge on any atom is -0.411 e. The van der Waals surface area contributed by atoms with E-state index in [0.29, 0.717) is 29.3 Å². The van der Waals surface area contributed by atoms with Crippen molar-refractivity contribution in [1.82, 2.24) is 9.97 Å². The topological polar surface area (TPSA) is 122 Å². The fraction of sp³-hybridized carbons (Fsp3) is 0.429. The fourth-order valence-corrected chi connectivity index (χ4v) is 5.19. The van der Waals surface area contributed by atoms with E-state index in [0.717, 1.165) is 31.9 Å². The number of carbonyl (C=O) groups is 1. The molecule has 1 amide bonds. The largest absolute Gasteiger partial charge is 0.411 e. The van der Waals surface area contributed by atoms with Gasteiger partial charge < -0.3 is 10.5 Å². The quantitative estimate of drug-likeness (QED) is 0.362. The molecule has 1 heterocycles. The third kappa shape index (κ3) is 5.80. The van der Waals surface area contributed by atoms with Crippen LogP contribution in [0.3, 0.4) is 0 Å². The summed E-state index contributed by atoms with van der Waals surface area (Å²) in [6.45, 7) is 1.59. The smallest absolute Gasteiger partial charge is 0.233 e. The van der Waals surface area contributed by atoms with Crippen molar-refractivity contribution in [3.63, 3.8) is 0 Å². The molecule has 1 atom stereocenters. The molecule has 2 N–H and O–H groups in total. The summed E-state index contributed by atoms with van der Waals surface area (Å²) >= 11 is 6.24. The van der Waals surface area contributed by atoms with Crippen molar-refractivity contribution in [2.45, 2.75) is 49.8 Å². The van der Waals surface area contributed by atoms with Gasteiger partial charge in [0.05, 0.1) is 28.2 Å². The summed E-state index contributed by atoms with van der Waals surface area (Å²) in [5, 5.41) is 14.8. The lowest BCUT2D eigenvalue weighted by atomic mass is 9.87. The number of halogens is 1. The molecule has 1 fully saturated rings. The predicted molar refractivity (Wildman–Crippen MR) is 119 cm³/mol. The molecule has 1 unspecified atom stereocenters. The summed E-state index contributed by atoms with van der Waals surface area (Å²) in [6, 6.07) is 4.66. The van der Waals surface area contributed by atoms with Crippen LogP contribution >= 0.6 is 11.6 Å². The second kappa shape index (κ2) is 9.74. The van der Waals surface area contributed by atoms with Gasteiger partial charge in [-0.1, -0.05) is 48.5 Å². The first-order chi connectivity index (χ1) is 14.7. The van der Waals surface area contributed by atoms with Gasteiger partial charge in [0.2, 0.25) is 5.91 Å². The predicted octanol–water partition coefficient (Wildman–Crippen LogP) is 4.03. The van der Waals surface area contributed by atoms with Crippen molar-refractivity contribution in [1.29, 1.82) is 0 Å². The standard InChI is InChI=1S/C21H25ClN4O4S/c1-13(26-28)18-11-24-20(12-23-18)25-21(27)16(9-14-5-3-4-6-14)15-7-8-19(17(22)10-15)31(2,29)30/h7-8,10-12,14,16,28H,3-6,9H2,1-2H3,(H,24,25,27)/b26-13+. The molecule has 1 saturated carbocycles. The lowest BCUT2D eigenvalue weighted by molar-refractivity contribution is -0.118. The van der Waals surface area contributed by atoms with E-state index in [-0.39, 0.29) is 21.6 Å². The maximum atomic E-state index is 13.2. The third-order valence-electron chi connectivity index (χ3n) is 5.54. The Morgan fingerprint density at radius 3 is 2.55 bits per heavy atom. The summed E-state index contributed by atoms with van der Waals surface area (Å²) in [6.07, 6.45) is 8.96. The second-order valence-electron chi connectivity index (χ2n) is 7.86. The summed E-state index contributed by atoms with van der Waals surface area (Å²) in [5.74, 6) is -0.0724. The molecule has 166 valence electrons. The number of hydrogen-bond acceptors (Lipinski definition) is 7. The molecule has 0 saturated heterocycles. The first-order valence-electron chi connectivity index (χ1n) is 10.0. The number of anilines is 1. The highest BCUT2D eigenvalue weighted by Crippen LogP contribution is 2.36. The van der Waals surface area contributed by atoms with Crippen LogP contribution in [0.5, 0.6) is 0 Å². The summed E-state index contributed by atoms with van der Waals surface area (Å²) < 4.78 is 23.8. The van der Waals surface area contributed by atoms with E-state index < -0.39 is 15.8 Å². The van der Waals surface area contributed by atoms with Crippen LogP contribution < -0.4 is 5.32 Å². The second-order valence-corrected chi connectivity index (χ2v) is 10.3. The van der Waals surface area contributed by atoms with Crippen LogP contribution in [0.4, 0.5) is 5.82 Å². The van der Waals surface area contributed by atoms with Gasteiger partial charge in [0.25, 0.3) is 0 Å². The van der Waals surface area contributed by atoms with Crippen molar-refractivity contribution >= 4 is 38.9 Å². The highest BCUT2D eigenvalue weighted by atomic mass is 35.5. The van der Waals surface area contributed by atoms with Crippen molar-refractivity contribution in [2.24, 2.45) is 11.1 Å². The number of benzene rings is 1. The molecule has 2 aromatic rings. The first kappa shape index (κ1) is 23.1. The van der Waals surface area contributed by atoms with Crippen LogP contribution in [-0.4, -0.2) is 41.5 Å². The van der Waals surface area contributed by atoms with Crippen LogP contribution in [-0.2, 0) is 14.6 Å². The lowest BCUT2D eigenvalue weighted by Gasteiger charge is -2.21. The molecule has 3 rings (SSSR count). The highest BCUT2D eigenvalue weighted by molar-refractivity contribution is 7.90. The molecule has 8 nitrogen and oxygen atoms in total. The number of carbonyl (C=O) groups excluding carboxylic acids is 1. The molecule has 1 aliphatic carbocycles. The third-order valence-corrected chi connectivity index (χ3v) is 7.12. The van der Waals surface area contributed by atoms with E-state index >= 15 is 0 Å². The normalized spacial score (nSPS) is 16.3. The zero-order valence-electron chi connectivity index (χ0n) is 17.4. The van der Waals surface area contributed by atoms with Crippen LogP contribution in [0.2, 0.25) is 5.02 Å². The van der Waals surface area contributed by atoms with Crippen LogP contribution in [0.15, 0.2) is 40.6 Å². The molecule has 1 aliphatic rings. The van der Waals surface area contributed by atoms with E-state index in [4.69, 9.17) is 16.8 Å². The van der Waals surface area contributed by atoms with Gasteiger partial charge in [0.15, 0.2) is 15.7 Å².